The van der Waals surface area contributed by atoms with Crippen LogP contribution >= 0.6 is 0 Å². The smallest absolute Gasteiger partial charge is 0.475 e. The zero-order valence-electron chi connectivity index (χ0n) is 24.1. The molecule has 0 unspecified atom stereocenters. The van der Waals surface area contributed by atoms with E-state index in [0.29, 0.717) is 0 Å². The van der Waals surface area contributed by atoms with Crippen molar-refractivity contribution in [3.8, 4) is 0 Å². The lowest BCUT2D eigenvalue weighted by molar-refractivity contribution is -0.193. The SMILES string of the molecule is CN(Cc1cccnc1)Cc1cn2c(n1)CN(Cc1ccncc1)CC2.O=C(O)C(F)(F)F.O=C(O)C(F)(F)F.O=C(O)C(F)(F)F. The first-order chi connectivity index (χ1) is 21.6. The molecule has 4 heterocycles. The maximum atomic E-state index is 10.6. The quantitative estimate of drug-likeness (QED) is 0.318. The standard InChI is InChI=1S/C20H24N6.3C2HF3O2/c1-24(12-18-3-2-6-22-11-18)14-19-15-26-10-9-25(16-20(26)23-19)13-17-4-7-21-8-5-17;3*3-2(4,5)1(6)7/h2-8,11,15H,9-10,12-14,16H2,1H3;3*(H,6,7). The third-order valence-electron chi connectivity index (χ3n) is 5.42. The number of pyridine rings is 2. The highest BCUT2D eigenvalue weighted by atomic mass is 19.4. The summed E-state index contributed by atoms with van der Waals surface area (Å²) in [5.74, 6) is -7.11. The minimum absolute atomic E-state index is 0.846. The molecule has 0 atom stereocenters. The highest BCUT2D eigenvalue weighted by molar-refractivity contribution is 5.73. The molecule has 0 aliphatic carbocycles. The van der Waals surface area contributed by atoms with Crippen molar-refractivity contribution in [1.82, 2.24) is 29.3 Å². The van der Waals surface area contributed by atoms with Gasteiger partial charge in [0.2, 0.25) is 0 Å². The average Bonchev–Trinajstić information content (AvgIpc) is 3.35. The first-order valence-electron chi connectivity index (χ1n) is 12.7. The number of aromatic nitrogens is 4. The van der Waals surface area contributed by atoms with Crippen molar-refractivity contribution in [2.75, 3.05) is 13.6 Å². The van der Waals surface area contributed by atoms with Gasteiger partial charge in [0.15, 0.2) is 0 Å². The maximum Gasteiger partial charge on any atom is 0.490 e. The van der Waals surface area contributed by atoms with Gasteiger partial charge < -0.3 is 19.9 Å². The van der Waals surface area contributed by atoms with Gasteiger partial charge in [0.25, 0.3) is 0 Å². The Hall–Kier alpha value is -4.79. The zero-order chi connectivity index (χ0) is 36.0. The first kappa shape index (κ1) is 40.2. The van der Waals surface area contributed by atoms with Crippen LogP contribution in [0.15, 0.2) is 55.2 Å². The number of hydrogen-bond donors (Lipinski definition) is 3. The van der Waals surface area contributed by atoms with Gasteiger partial charge >= 0.3 is 36.4 Å². The van der Waals surface area contributed by atoms with Gasteiger partial charge in [-0.3, -0.25) is 19.8 Å². The van der Waals surface area contributed by atoms with Gasteiger partial charge in [-0.05, 0) is 36.4 Å². The second kappa shape index (κ2) is 17.8. The van der Waals surface area contributed by atoms with Crippen LogP contribution in [0.2, 0.25) is 0 Å². The summed E-state index contributed by atoms with van der Waals surface area (Å²) < 4.78 is 97.5. The van der Waals surface area contributed by atoms with Crippen molar-refractivity contribution in [2.45, 2.75) is 51.3 Å². The molecule has 0 amide bonds. The molecule has 260 valence electrons. The van der Waals surface area contributed by atoms with E-state index in [-0.39, 0.29) is 0 Å². The van der Waals surface area contributed by atoms with E-state index in [1.807, 2.05) is 30.9 Å². The Kier molecular flexibility index (Phi) is 15.2. The lowest BCUT2D eigenvalue weighted by atomic mass is 10.2. The fourth-order valence-electron chi connectivity index (χ4n) is 3.45. The van der Waals surface area contributed by atoms with Crippen LogP contribution in [0.4, 0.5) is 39.5 Å². The summed E-state index contributed by atoms with van der Waals surface area (Å²) in [5, 5.41) is 21.4. The van der Waals surface area contributed by atoms with Gasteiger partial charge in [-0.15, -0.1) is 0 Å². The third-order valence-corrected chi connectivity index (χ3v) is 5.42. The van der Waals surface area contributed by atoms with Crippen molar-refractivity contribution in [3.05, 3.63) is 77.9 Å². The molecule has 1 aliphatic heterocycles. The second-order valence-corrected chi connectivity index (χ2v) is 9.35. The fraction of sp³-hybridized carbons (Fsp3) is 0.385. The van der Waals surface area contributed by atoms with E-state index in [0.717, 1.165) is 50.8 Å². The molecule has 0 radical (unpaired) electrons. The molecule has 0 spiro atoms. The summed E-state index contributed by atoms with van der Waals surface area (Å²) in [6, 6.07) is 8.26. The van der Waals surface area contributed by atoms with Crippen LogP contribution in [0.3, 0.4) is 0 Å². The van der Waals surface area contributed by atoms with E-state index >= 15 is 0 Å². The van der Waals surface area contributed by atoms with Crippen LogP contribution in [0.25, 0.3) is 0 Å². The molecular weight excluding hydrogens is 663 g/mol. The van der Waals surface area contributed by atoms with Crippen LogP contribution in [-0.4, -0.2) is 94.7 Å². The summed E-state index contributed by atoms with van der Waals surface area (Å²) in [6.45, 7) is 5.63. The predicted octanol–water partition coefficient (Wildman–Crippen LogP) is 4.22. The van der Waals surface area contributed by atoms with Gasteiger partial charge in [0.1, 0.15) is 5.82 Å². The second-order valence-electron chi connectivity index (χ2n) is 9.35. The van der Waals surface area contributed by atoms with Crippen molar-refractivity contribution in [2.24, 2.45) is 0 Å². The summed E-state index contributed by atoms with van der Waals surface area (Å²) in [4.78, 5) is 44.6. The van der Waals surface area contributed by atoms with E-state index in [9.17, 15) is 39.5 Å². The minimum Gasteiger partial charge on any atom is -0.475 e. The maximum absolute atomic E-state index is 10.6. The van der Waals surface area contributed by atoms with Gasteiger partial charge in [-0.2, -0.15) is 39.5 Å². The Balaban J connectivity index is 0.000000430. The lowest BCUT2D eigenvalue weighted by Gasteiger charge is -2.27. The number of imidazole rings is 1. The summed E-state index contributed by atoms with van der Waals surface area (Å²) in [7, 11) is 2.13. The van der Waals surface area contributed by atoms with Crippen LogP contribution in [-0.2, 0) is 47.1 Å². The average molecular weight is 691 g/mol. The minimum atomic E-state index is -5.08. The highest BCUT2D eigenvalue weighted by Crippen LogP contribution is 2.17. The van der Waals surface area contributed by atoms with Crippen LogP contribution in [0.1, 0.15) is 22.6 Å². The van der Waals surface area contributed by atoms with E-state index in [1.165, 1.54) is 11.1 Å². The molecule has 0 fully saturated rings. The van der Waals surface area contributed by atoms with Crippen LogP contribution in [0.5, 0.6) is 0 Å². The molecule has 12 nitrogen and oxygen atoms in total. The van der Waals surface area contributed by atoms with Gasteiger partial charge in [0, 0.05) is 63.7 Å². The number of carboxylic acids is 3. The molecule has 0 aromatic carbocycles. The number of halogens is 9. The number of carboxylic acid groups (broad SMARTS) is 3. The normalized spacial score (nSPS) is 13.1. The van der Waals surface area contributed by atoms with Gasteiger partial charge in [-0.25, -0.2) is 19.4 Å². The van der Waals surface area contributed by atoms with Gasteiger partial charge in [0.05, 0.1) is 12.2 Å². The van der Waals surface area contributed by atoms with Gasteiger partial charge in [-0.1, -0.05) is 6.07 Å². The number of aliphatic carboxylic acids is 3. The number of fused-ring (bicyclic) bond motifs is 1. The highest BCUT2D eigenvalue weighted by Gasteiger charge is 2.39. The molecule has 0 bridgehead atoms. The van der Waals surface area contributed by atoms with Crippen molar-refractivity contribution in [3.63, 3.8) is 0 Å². The third kappa shape index (κ3) is 16.4. The zero-order valence-corrected chi connectivity index (χ0v) is 24.1. The van der Waals surface area contributed by atoms with E-state index < -0.39 is 36.4 Å². The Labute approximate surface area is 259 Å². The van der Waals surface area contributed by atoms with Crippen molar-refractivity contribution in [1.29, 1.82) is 0 Å². The molecular formula is C26H27F9N6O6. The van der Waals surface area contributed by atoms with E-state index in [1.54, 1.807) is 0 Å². The fourth-order valence-corrected chi connectivity index (χ4v) is 3.45. The molecule has 3 aromatic heterocycles. The summed E-state index contributed by atoms with van der Waals surface area (Å²) in [5.41, 5.74) is 3.66. The molecule has 3 aromatic rings. The topological polar surface area (TPSA) is 162 Å². The Bertz CT molecular complexity index is 1360. The molecule has 1 aliphatic rings. The van der Waals surface area contributed by atoms with Crippen LogP contribution in [0, 0.1) is 0 Å². The van der Waals surface area contributed by atoms with Crippen LogP contribution < -0.4 is 0 Å². The summed E-state index contributed by atoms with van der Waals surface area (Å²) in [6.07, 6.45) is -5.60. The summed E-state index contributed by atoms with van der Waals surface area (Å²) >= 11 is 0. The number of rotatable bonds is 6. The van der Waals surface area contributed by atoms with Crippen molar-refractivity contribution < 1.29 is 69.2 Å². The van der Waals surface area contributed by atoms with Crippen molar-refractivity contribution >= 4 is 17.9 Å². The Morgan fingerprint density at radius 1 is 0.766 bits per heavy atom. The molecule has 0 saturated heterocycles. The predicted molar refractivity (Wildman–Crippen MR) is 141 cm³/mol. The number of nitrogens with zero attached hydrogens (tertiary/aromatic N) is 6. The molecule has 3 N–H and O–H groups in total. The molecule has 0 saturated carbocycles. The number of hydrogen-bond acceptors (Lipinski definition) is 8. The monoisotopic (exact) mass is 690 g/mol. The Morgan fingerprint density at radius 3 is 1.72 bits per heavy atom. The van der Waals surface area contributed by atoms with E-state index in [2.05, 4.69) is 55.8 Å². The Morgan fingerprint density at radius 2 is 1.28 bits per heavy atom. The number of alkyl halides is 9. The molecule has 21 heteroatoms. The molecule has 47 heavy (non-hydrogen) atoms. The first-order valence-corrected chi connectivity index (χ1v) is 12.7. The number of carbonyl (C=O) groups is 3. The molecule has 4 rings (SSSR count). The van der Waals surface area contributed by atoms with E-state index in [4.69, 9.17) is 34.7 Å². The lowest BCUT2D eigenvalue weighted by Crippen LogP contribution is -2.33. The largest absolute Gasteiger partial charge is 0.490 e.